The summed E-state index contributed by atoms with van der Waals surface area (Å²) in [5, 5.41) is 15.6. The van der Waals surface area contributed by atoms with E-state index in [0.29, 0.717) is 39.4 Å². The average Bonchev–Trinajstić information content (AvgIpc) is 3.28. The topological polar surface area (TPSA) is 115 Å². The van der Waals surface area contributed by atoms with Crippen LogP contribution < -0.4 is 10.6 Å². The van der Waals surface area contributed by atoms with E-state index in [1.54, 1.807) is 49.4 Å². The number of anilines is 1. The summed E-state index contributed by atoms with van der Waals surface area (Å²) in [4.78, 5) is 37.4. The van der Waals surface area contributed by atoms with Crippen molar-refractivity contribution in [3.63, 3.8) is 0 Å². The number of hydrogen-bond donors (Lipinski definition) is 2. The van der Waals surface area contributed by atoms with Crippen molar-refractivity contribution in [2.45, 2.75) is 38.5 Å². The number of halogens is 2. The van der Waals surface area contributed by atoms with E-state index in [1.165, 1.54) is 17.8 Å². The van der Waals surface area contributed by atoms with Gasteiger partial charge < -0.3 is 19.9 Å². The van der Waals surface area contributed by atoms with Gasteiger partial charge in [0.1, 0.15) is 0 Å². The van der Waals surface area contributed by atoms with Crippen LogP contribution in [0.3, 0.4) is 0 Å². The van der Waals surface area contributed by atoms with Crippen molar-refractivity contribution in [1.29, 1.82) is 0 Å². The van der Waals surface area contributed by atoms with E-state index in [4.69, 9.17) is 27.9 Å². The molecule has 0 saturated carbocycles. The Hall–Kier alpha value is -3.34. The zero-order valence-electron chi connectivity index (χ0n) is 21.7. The second-order valence-corrected chi connectivity index (χ2v) is 10.5. The third-order valence-electron chi connectivity index (χ3n) is 5.48. The number of rotatable bonds is 12. The smallest absolute Gasteiger partial charge is 0.338 e. The van der Waals surface area contributed by atoms with Gasteiger partial charge in [0.05, 0.1) is 34.6 Å². The zero-order valence-corrected chi connectivity index (χ0v) is 24.1. The van der Waals surface area contributed by atoms with Crippen molar-refractivity contribution in [3.05, 3.63) is 82.1 Å². The number of allylic oxidation sites excluding steroid dienone is 1. The predicted octanol–water partition coefficient (Wildman–Crippen LogP) is 5.81. The van der Waals surface area contributed by atoms with Crippen LogP contribution in [0.15, 0.2) is 60.3 Å². The fraction of sp³-hybridized carbons (Fsp3) is 0.296. The van der Waals surface area contributed by atoms with Crippen molar-refractivity contribution in [2.75, 3.05) is 17.7 Å². The normalized spacial score (nSPS) is 11.6. The van der Waals surface area contributed by atoms with Gasteiger partial charge in [0, 0.05) is 17.3 Å². The summed E-state index contributed by atoms with van der Waals surface area (Å²) in [7, 11) is 0. The number of thioether (sulfide) groups is 1. The molecule has 1 heterocycles. The molecule has 0 spiro atoms. The van der Waals surface area contributed by atoms with Gasteiger partial charge in [0.25, 0.3) is 5.91 Å². The van der Waals surface area contributed by atoms with Crippen molar-refractivity contribution < 1.29 is 19.1 Å². The fourth-order valence-corrected chi connectivity index (χ4v) is 4.84. The first-order chi connectivity index (χ1) is 18.6. The lowest BCUT2D eigenvalue weighted by atomic mass is 10.0. The standard InChI is InChI=1S/C27H29Cl2N5O4S/c1-5-13-34-24(23(16(3)4)31-25(36)20-12-9-18(28)14-21(20)29)32-33-27(34)39-15-22(35)30-19-10-7-17(8-11-19)26(37)38-6-2/h5,7-12,14,16,23H,1,6,13,15H2,2-4H3,(H,30,35)(H,31,36)/t23-/m0/s1. The van der Waals surface area contributed by atoms with Crippen molar-refractivity contribution >= 4 is 58.4 Å². The lowest BCUT2D eigenvalue weighted by Gasteiger charge is -2.23. The summed E-state index contributed by atoms with van der Waals surface area (Å²) in [5.74, 6) is -0.493. The quantitative estimate of drug-likeness (QED) is 0.156. The van der Waals surface area contributed by atoms with Gasteiger partial charge in [-0.25, -0.2) is 4.79 Å². The van der Waals surface area contributed by atoms with E-state index in [0.717, 1.165) is 0 Å². The average molecular weight is 591 g/mol. The van der Waals surface area contributed by atoms with Crippen LogP contribution in [0.1, 0.15) is 53.4 Å². The molecular formula is C27H29Cl2N5O4S. The number of carbonyl (C=O) groups excluding carboxylic acids is 3. The van der Waals surface area contributed by atoms with Gasteiger partial charge in [-0.15, -0.1) is 16.8 Å². The van der Waals surface area contributed by atoms with Crippen LogP contribution in [0.4, 0.5) is 5.69 Å². The second kappa shape index (κ2) is 14.2. The molecule has 0 aliphatic rings. The minimum atomic E-state index is -0.488. The third kappa shape index (κ3) is 8.08. The number of hydrogen-bond acceptors (Lipinski definition) is 7. The Bertz CT molecular complexity index is 1340. The Morgan fingerprint density at radius 3 is 2.46 bits per heavy atom. The van der Waals surface area contributed by atoms with E-state index in [-0.39, 0.29) is 35.1 Å². The van der Waals surface area contributed by atoms with Gasteiger partial charge in [-0.2, -0.15) is 0 Å². The van der Waals surface area contributed by atoms with E-state index >= 15 is 0 Å². The van der Waals surface area contributed by atoms with Crippen LogP contribution in [-0.4, -0.2) is 44.9 Å². The highest BCUT2D eigenvalue weighted by molar-refractivity contribution is 7.99. The Balaban J connectivity index is 1.71. The molecule has 12 heteroatoms. The number of aromatic nitrogens is 3. The maximum atomic E-state index is 13.0. The molecule has 2 amide bonds. The molecule has 0 unspecified atom stereocenters. The maximum absolute atomic E-state index is 13.0. The minimum Gasteiger partial charge on any atom is -0.462 e. The Morgan fingerprint density at radius 2 is 1.85 bits per heavy atom. The SMILES string of the molecule is C=CCn1c(SCC(=O)Nc2ccc(C(=O)OCC)cc2)nnc1[C@@H](NC(=O)c1ccc(Cl)cc1Cl)C(C)C. The lowest BCUT2D eigenvalue weighted by Crippen LogP contribution is -2.34. The largest absolute Gasteiger partial charge is 0.462 e. The number of esters is 1. The summed E-state index contributed by atoms with van der Waals surface area (Å²) in [6.07, 6.45) is 1.69. The summed E-state index contributed by atoms with van der Waals surface area (Å²) < 4.78 is 6.78. The third-order valence-corrected chi connectivity index (χ3v) is 6.99. The van der Waals surface area contributed by atoms with Gasteiger partial charge >= 0.3 is 5.97 Å². The van der Waals surface area contributed by atoms with E-state index < -0.39 is 12.0 Å². The minimum absolute atomic E-state index is 0.0356. The molecule has 0 aliphatic heterocycles. The molecule has 1 aromatic heterocycles. The number of benzene rings is 2. The maximum Gasteiger partial charge on any atom is 0.338 e. The van der Waals surface area contributed by atoms with Crippen LogP contribution in [0.25, 0.3) is 0 Å². The summed E-state index contributed by atoms with van der Waals surface area (Å²) in [6, 6.07) is 10.6. The summed E-state index contributed by atoms with van der Waals surface area (Å²) >= 11 is 13.4. The molecule has 39 heavy (non-hydrogen) atoms. The molecule has 3 aromatic rings. The predicted molar refractivity (Wildman–Crippen MR) is 153 cm³/mol. The Kier molecular flexibility index (Phi) is 11.0. The van der Waals surface area contributed by atoms with Gasteiger partial charge in [-0.1, -0.05) is 54.9 Å². The van der Waals surface area contributed by atoms with Crippen LogP contribution in [0.5, 0.6) is 0 Å². The molecule has 0 radical (unpaired) electrons. The number of carbonyl (C=O) groups is 3. The molecule has 0 bridgehead atoms. The molecule has 3 rings (SSSR count). The second-order valence-electron chi connectivity index (χ2n) is 8.69. The van der Waals surface area contributed by atoms with E-state index in [9.17, 15) is 14.4 Å². The van der Waals surface area contributed by atoms with E-state index in [1.807, 2.05) is 18.4 Å². The molecule has 1 atom stereocenters. The van der Waals surface area contributed by atoms with Crippen LogP contribution in [0.2, 0.25) is 10.0 Å². The Morgan fingerprint density at radius 1 is 1.13 bits per heavy atom. The van der Waals surface area contributed by atoms with Gasteiger partial charge in [-0.3, -0.25) is 9.59 Å². The van der Waals surface area contributed by atoms with Gasteiger partial charge in [0.15, 0.2) is 11.0 Å². The molecule has 2 aromatic carbocycles. The molecule has 0 saturated heterocycles. The Labute approximate surface area is 241 Å². The highest BCUT2D eigenvalue weighted by Gasteiger charge is 2.27. The molecule has 2 N–H and O–H groups in total. The van der Waals surface area contributed by atoms with Crippen LogP contribution >= 0.6 is 35.0 Å². The van der Waals surface area contributed by atoms with Crippen LogP contribution in [-0.2, 0) is 16.1 Å². The molecule has 9 nitrogen and oxygen atoms in total. The number of amides is 2. The lowest BCUT2D eigenvalue weighted by molar-refractivity contribution is -0.113. The molecule has 206 valence electrons. The van der Waals surface area contributed by atoms with Crippen LogP contribution in [0, 0.1) is 5.92 Å². The fourth-order valence-electron chi connectivity index (χ4n) is 3.59. The number of ether oxygens (including phenoxy) is 1. The summed E-state index contributed by atoms with van der Waals surface area (Å²) in [6.45, 7) is 10.1. The molecular weight excluding hydrogens is 561 g/mol. The monoisotopic (exact) mass is 589 g/mol. The van der Waals surface area contributed by atoms with Crippen molar-refractivity contribution in [3.8, 4) is 0 Å². The molecule has 0 aliphatic carbocycles. The summed E-state index contributed by atoms with van der Waals surface area (Å²) in [5.41, 5.74) is 1.24. The van der Waals surface area contributed by atoms with Crippen molar-refractivity contribution in [2.24, 2.45) is 5.92 Å². The highest BCUT2D eigenvalue weighted by Crippen LogP contribution is 2.27. The first-order valence-corrected chi connectivity index (χ1v) is 13.9. The first kappa shape index (κ1) is 30.2. The zero-order chi connectivity index (χ0) is 28.5. The van der Waals surface area contributed by atoms with E-state index in [2.05, 4.69) is 27.4 Å². The first-order valence-electron chi connectivity index (χ1n) is 12.1. The number of nitrogens with one attached hydrogen (secondary N) is 2. The molecule has 0 fully saturated rings. The van der Waals surface area contributed by atoms with Gasteiger partial charge in [-0.05, 0) is 55.3 Å². The highest BCUT2D eigenvalue weighted by atomic mass is 35.5. The van der Waals surface area contributed by atoms with Gasteiger partial charge in [0.2, 0.25) is 5.91 Å². The number of nitrogens with zero attached hydrogens (tertiary/aromatic N) is 3. The van der Waals surface area contributed by atoms with Crippen molar-refractivity contribution in [1.82, 2.24) is 20.1 Å².